The summed E-state index contributed by atoms with van der Waals surface area (Å²) in [5.74, 6) is 0.390. The molecule has 2 aliphatic rings. The van der Waals surface area contributed by atoms with Crippen LogP contribution in [0.1, 0.15) is 38.5 Å². The van der Waals surface area contributed by atoms with Crippen LogP contribution < -0.4 is 14.8 Å². The van der Waals surface area contributed by atoms with Gasteiger partial charge < -0.3 is 19.9 Å². The van der Waals surface area contributed by atoms with Gasteiger partial charge in [0.25, 0.3) is 0 Å². The molecule has 3 N–H and O–H groups in total. The van der Waals surface area contributed by atoms with Crippen molar-refractivity contribution in [2.24, 2.45) is 0 Å². The highest BCUT2D eigenvalue weighted by molar-refractivity contribution is 7.89. The van der Waals surface area contributed by atoms with Gasteiger partial charge in [-0.25, -0.2) is 13.1 Å². The van der Waals surface area contributed by atoms with E-state index in [1.54, 1.807) is 12.1 Å². The summed E-state index contributed by atoms with van der Waals surface area (Å²) in [7, 11) is -2.32. The van der Waals surface area contributed by atoms with E-state index in [2.05, 4.69) is 10.0 Å². The predicted molar refractivity (Wildman–Crippen MR) is 102 cm³/mol. The van der Waals surface area contributed by atoms with E-state index in [4.69, 9.17) is 9.47 Å². The second-order valence-corrected chi connectivity index (χ2v) is 9.08. The van der Waals surface area contributed by atoms with Crippen molar-refractivity contribution in [3.63, 3.8) is 0 Å². The van der Waals surface area contributed by atoms with Crippen LogP contribution in [0.4, 0.5) is 0 Å². The summed E-state index contributed by atoms with van der Waals surface area (Å²) >= 11 is 0. The van der Waals surface area contributed by atoms with Crippen molar-refractivity contribution in [2.45, 2.75) is 67.7 Å². The van der Waals surface area contributed by atoms with Gasteiger partial charge in [-0.2, -0.15) is 0 Å². The van der Waals surface area contributed by atoms with Crippen molar-refractivity contribution in [3.8, 4) is 5.75 Å². The summed E-state index contributed by atoms with van der Waals surface area (Å²) in [5.41, 5.74) is 0. The number of methoxy groups -OCH3 is 1. The van der Waals surface area contributed by atoms with Gasteiger partial charge in [-0.15, -0.1) is 0 Å². The zero-order valence-corrected chi connectivity index (χ0v) is 16.8. The SMILES string of the molecule is COc1cccc(S(=O)(=O)N[C@H]2CC[C@@H](CC(=O)NC3CCC3)O[C@H]2CO)c1. The fourth-order valence-corrected chi connectivity index (χ4v) is 4.83. The monoisotopic (exact) mass is 412 g/mol. The third-order valence-corrected chi connectivity index (χ3v) is 6.82. The van der Waals surface area contributed by atoms with Crippen molar-refractivity contribution in [2.75, 3.05) is 13.7 Å². The minimum absolute atomic E-state index is 0.0539. The molecule has 1 aliphatic heterocycles. The minimum atomic E-state index is -3.79. The summed E-state index contributed by atoms with van der Waals surface area (Å²) in [5, 5.41) is 12.6. The van der Waals surface area contributed by atoms with Crippen LogP contribution in [0.2, 0.25) is 0 Å². The van der Waals surface area contributed by atoms with E-state index in [1.807, 2.05) is 0 Å². The maximum atomic E-state index is 12.7. The molecule has 3 atom stereocenters. The Hall–Kier alpha value is -1.68. The van der Waals surface area contributed by atoms with Gasteiger partial charge >= 0.3 is 0 Å². The lowest BCUT2D eigenvalue weighted by molar-refractivity contribution is -0.131. The third kappa shape index (κ3) is 5.22. The smallest absolute Gasteiger partial charge is 0.241 e. The Bertz CT molecular complexity index is 780. The molecule has 1 aromatic rings. The lowest BCUT2D eigenvalue weighted by Gasteiger charge is -2.36. The zero-order valence-electron chi connectivity index (χ0n) is 16.0. The summed E-state index contributed by atoms with van der Waals surface area (Å²) in [4.78, 5) is 12.2. The van der Waals surface area contributed by atoms with Gasteiger partial charge in [-0.3, -0.25) is 4.79 Å². The Labute approximate surface area is 165 Å². The fourth-order valence-electron chi connectivity index (χ4n) is 3.50. The second-order valence-electron chi connectivity index (χ2n) is 7.36. The molecule has 0 bridgehead atoms. The Morgan fingerprint density at radius 1 is 1.29 bits per heavy atom. The fraction of sp³-hybridized carbons (Fsp3) is 0.632. The Kier molecular flexibility index (Phi) is 6.92. The first-order chi connectivity index (χ1) is 13.4. The summed E-state index contributed by atoms with van der Waals surface area (Å²) in [6, 6.07) is 5.90. The van der Waals surface area contributed by atoms with Gasteiger partial charge in [0, 0.05) is 12.1 Å². The van der Waals surface area contributed by atoms with Gasteiger partial charge in [-0.05, 0) is 44.2 Å². The number of nitrogens with one attached hydrogen (secondary N) is 2. The van der Waals surface area contributed by atoms with Crippen LogP contribution in [0.25, 0.3) is 0 Å². The molecule has 0 radical (unpaired) electrons. The molecule has 2 fully saturated rings. The summed E-state index contributed by atoms with van der Waals surface area (Å²) < 4.78 is 38.9. The lowest BCUT2D eigenvalue weighted by Crippen LogP contribution is -2.51. The minimum Gasteiger partial charge on any atom is -0.497 e. The molecule has 3 rings (SSSR count). The van der Waals surface area contributed by atoms with Crippen molar-refractivity contribution in [1.82, 2.24) is 10.0 Å². The first-order valence-electron chi connectivity index (χ1n) is 9.63. The quantitative estimate of drug-likeness (QED) is 0.586. The number of rotatable bonds is 8. The number of benzene rings is 1. The van der Waals surface area contributed by atoms with Crippen LogP contribution in [0.15, 0.2) is 29.2 Å². The van der Waals surface area contributed by atoms with E-state index in [0.717, 1.165) is 19.3 Å². The van der Waals surface area contributed by atoms with E-state index in [1.165, 1.54) is 19.2 Å². The van der Waals surface area contributed by atoms with Crippen LogP contribution >= 0.6 is 0 Å². The molecule has 156 valence electrons. The highest BCUT2D eigenvalue weighted by Crippen LogP contribution is 2.25. The van der Waals surface area contributed by atoms with E-state index in [0.29, 0.717) is 18.6 Å². The zero-order chi connectivity index (χ0) is 20.1. The highest BCUT2D eigenvalue weighted by Gasteiger charge is 2.35. The van der Waals surface area contributed by atoms with Crippen molar-refractivity contribution in [1.29, 1.82) is 0 Å². The topological polar surface area (TPSA) is 114 Å². The number of aliphatic hydroxyl groups excluding tert-OH is 1. The van der Waals surface area contributed by atoms with E-state index >= 15 is 0 Å². The molecule has 1 saturated heterocycles. The molecule has 0 spiro atoms. The molecular formula is C19H28N2O6S. The summed E-state index contributed by atoms with van der Waals surface area (Å²) in [6.45, 7) is -0.327. The Morgan fingerprint density at radius 2 is 2.07 bits per heavy atom. The number of amides is 1. The van der Waals surface area contributed by atoms with Crippen LogP contribution in [0.3, 0.4) is 0 Å². The number of hydrogen-bond donors (Lipinski definition) is 3. The van der Waals surface area contributed by atoms with Gasteiger partial charge in [0.05, 0.1) is 43.3 Å². The summed E-state index contributed by atoms with van der Waals surface area (Å²) in [6.07, 6.45) is 3.41. The van der Waals surface area contributed by atoms with Crippen LogP contribution in [-0.2, 0) is 19.6 Å². The number of aliphatic hydroxyl groups is 1. The molecule has 1 heterocycles. The lowest BCUT2D eigenvalue weighted by atomic mass is 9.92. The number of ether oxygens (including phenoxy) is 2. The molecule has 28 heavy (non-hydrogen) atoms. The number of hydrogen-bond acceptors (Lipinski definition) is 6. The van der Waals surface area contributed by atoms with Crippen molar-refractivity contribution >= 4 is 15.9 Å². The van der Waals surface area contributed by atoms with E-state index < -0.39 is 22.2 Å². The van der Waals surface area contributed by atoms with Crippen LogP contribution in [-0.4, -0.2) is 57.4 Å². The predicted octanol–water partition coefficient (Wildman–Crippen LogP) is 0.941. The van der Waals surface area contributed by atoms with Crippen LogP contribution in [0.5, 0.6) is 5.75 Å². The average Bonchev–Trinajstić information content (AvgIpc) is 2.65. The first-order valence-corrected chi connectivity index (χ1v) is 11.1. The highest BCUT2D eigenvalue weighted by atomic mass is 32.2. The molecule has 1 saturated carbocycles. The van der Waals surface area contributed by atoms with Gasteiger partial charge in [0.2, 0.25) is 15.9 Å². The maximum absolute atomic E-state index is 12.7. The molecule has 8 nitrogen and oxygen atoms in total. The van der Waals surface area contributed by atoms with Gasteiger partial charge in [0.15, 0.2) is 0 Å². The first kappa shape index (κ1) is 21.0. The Balaban J connectivity index is 1.58. The molecule has 0 aromatic heterocycles. The number of sulfonamides is 1. The second kappa shape index (κ2) is 9.21. The third-order valence-electron chi connectivity index (χ3n) is 5.34. The largest absolute Gasteiger partial charge is 0.497 e. The van der Waals surface area contributed by atoms with E-state index in [-0.39, 0.29) is 36.0 Å². The Morgan fingerprint density at radius 3 is 2.71 bits per heavy atom. The standard InChI is InChI=1S/C19H28N2O6S/c1-26-14-6-3-7-16(10-14)28(24,25)21-17-9-8-15(27-18(17)12-22)11-19(23)20-13-4-2-5-13/h3,6-7,10,13,15,17-18,21-22H,2,4-5,8-9,11-12H2,1H3,(H,20,23)/t15-,17-,18-/m0/s1. The maximum Gasteiger partial charge on any atom is 0.241 e. The van der Waals surface area contributed by atoms with Gasteiger partial charge in [-0.1, -0.05) is 6.07 Å². The molecule has 1 aromatic carbocycles. The molecule has 0 unspecified atom stereocenters. The van der Waals surface area contributed by atoms with Crippen molar-refractivity contribution in [3.05, 3.63) is 24.3 Å². The molecule has 9 heteroatoms. The van der Waals surface area contributed by atoms with E-state index in [9.17, 15) is 18.3 Å². The van der Waals surface area contributed by atoms with Crippen molar-refractivity contribution < 1.29 is 27.8 Å². The molecular weight excluding hydrogens is 384 g/mol. The number of carbonyl (C=O) groups excluding carboxylic acids is 1. The van der Waals surface area contributed by atoms with Crippen LogP contribution in [0, 0.1) is 0 Å². The number of carbonyl (C=O) groups is 1. The molecule has 1 aliphatic carbocycles. The molecule has 1 amide bonds. The average molecular weight is 413 g/mol. The normalized spacial score (nSPS) is 25.7. The van der Waals surface area contributed by atoms with Gasteiger partial charge in [0.1, 0.15) is 5.75 Å².